The fourth-order valence-corrected chi connectivity index (χ4v) is 4.24. The van der Waals surface area contributed by atoms with Gasteiger partial charge in [0.25, 0.3) is 5.69 Å². The highest BCUT2D eigenvalue weighted by Crippen LogP contribution is 2.30. The van der Waals surface area contributed by atoms with Crippen molar-refractivity contribution in [2.75, 3.05) is 31.6 Å². The van der Waals surface area contributed by atoms with Crippen LogP contribution in [-0.2, 0) is 4.79 Å². The summed E-state index contributed by atoms with van der Waals surface area (Å²) in [6.45, 7) is 1.79. The molecule has 3 rings (SSSR count). The van der Waals surface area contributed by atoms with Crippen molar-refractivity contribution >= 4 is 28.1 Å². The van der Waals surface area contributed by atoms with Crippen molar-refractivity contribution in [2.45, 2.75) is 25.3 Å². The van der Waals surface area contributed by atoms with Gasteiger partial charge in [-0.1, -0.05) is 0 Å². The van der Waals surface area contributed by atoms with Crippen LogP contribution in [0.5, 0.6) is 0 Å². The van der Waals surface area contributed by atoms with Gasteiger partial charge in [-0.25, -0.2) is 4.98 Å². The molecule has 1 N–H and O–H groups in total. The quantitative estimate of drug-likeness (QED) is 0.597. The molecule has 1 unspecified atom stereocenters. The molecule has 27 heavy (non-hydrogen) atoms. The first-order valence-corrected chi connectivity index (χ1v) is 9.69. The highest BCUT2D eigenvalue weighted by Gasteiger charge is 2.23. The van der Waals surface area contributed by atoms with E-state index in [0.717, 1.165) is 48.7 Å². The van der Waals surface area contributed by atoms with Gasteiger partial charge in [0.15, 0.2) is 5.13 Å². The highest BCUT2D eigenvalue weighted by molar-refractivity contribution is 7.14. The van der Waals surface area contributed by atoms with E-state index in [9.17, 15) is 14.9 Å². The maximum atomic E-state index is 10.9. The van der Waals surface area contributed by atoms with Gasteiger partial charge in [0.1, 0.15) is 0 Å². The van der Waals surface area contributed by atoms with E-state index in [1.165, 1.54) is 12.1 Å². The maximum absolute atomic E-state index is 10.9. The number of nitro groups is 1. The summed E-state index contributed by atoms with van der Waals surface area (Å²) in [5.74, 6) is -0.800. The number of anilines is 1. The number of nitro benzene ring substituents is 1. The van der Waals surface area contributed by atoms with Crippen LogP contribution in [0.2, 0.25) is 0 Å². The molecule has 1 aromatic heterocycles. The number of nitrogens with zero attached hydrogens (tertiary/aromatic N) is 4. The van der Waals surface area contributed by atoms with Crippen molar-refractivity contribution in [1.82, 2.24) is 9.88 Å². The molecule has 0 spiro atoms. The molecule has 144 valence electrons. The highest BCUT2D eigenvalue weighted by atomic mass is 32.1. The number of non-ortho nitro benzene ring substituents is 1. The van der Waals surface area contributed by atoms with Gasteiger partial charge in [0.2, 0.25) is 0 Å². The van der Waals surface area contributed by atoms with Gasteiger partial charge in [0, 0.05) is 42.2 Å². The van der Waals surface area contributed by atoms with Gasteiger partial charge in [-0.05, 0) is 38.4 Å². The van der Waals surface area contributed by atoms with Crippen molar-refractivity contribution in [3.8, 4) is 11.3 Å². The normalized spacial score (nSPS) is 17.7. The Morgan fingerprint density at radius 3 is 2.78 bits per heavy atom. The average molecular weight is 390 g/mol. The molecule has 1 aliphatic rings. The summed E-state index contributed by atoms with van der Waals surface area (Å²) in [7, 11) is 1.87. The largest absolute Gasteiger partial charge is 0.480 e. The Kier molecular flexibility index (Phi) is 6.02. The van der Waals surface area contributed by atoms with Crippen LogP contribution >= 0.6 is 11.3 Å². The standard InChI is InChI=1S/C18H22N4O4S/c1-20(11-17(23)24)14-3-2-9-21(10-8-14)18-19-16(12-27-18)13-4-6-15(7-5-13)22(25)26/h4-7,12,14H,2-3,8-11H2,1H3,(H,23,24). The molecule has 0 aliphatic carbocycles. The minimum absolute atomic E-state index is 0.0617. The molecule has 1 saturated heterocycles. The number of aromatic nitrogens is 1. The van der Waals surface area contributed by atoms with Gasteiger partial charge < -0.3 is 10.0 Å². The number of hydrogen-bond donors (Lipinski definition) is 1. The number of thiazole rings is 1. The Labute approximate surface area is 161 Å². The number of rotatable bonds is 6. The molecule has 1 aromatic carbocycles. The second-order valence-electron chi connectivity index (χ2n) is 6.70. The Hall–Kier alpha value is -2.52. The minimum atomic E-state index is -0.800. The smallest absolute Gasteiger partial charge is 0.317 e. The van der Waals surface area contributed by atoms with Crippen molar-refractivity contribution in [2.24, 2.45) is 0 Å². The monoisotopic (exact) mass is 390 g/mol. The lowest BCUT2D eigenvalue weighted by molar-refractivity contribution is -0.384. The molecule has 1 atom stereocenters. The fraction of sp³-hybridized carbons (Fsp3) is 0.444. The van der Waals surface area contributed by atoms with E-state index in [0.29, 0.717) is 0 Å². The van der Waals surface area contributed by atoms with E-state index >= 15 is 0 Å². The van der Waals surface area contributed by atoms with Crippen LogP contribution < -0.4 is 4.90 Å². The summed E-state index contributed by atoms with van der Waals surface area (Å²) in [6.07, 6.45) is 2.86. The topological polar surface area (TPSA) is 99.8 Å². The van der Waals surface area contributed by atoms with Crippen LogP contribution in [0.15, 0.2) is 29.6 Å². The molecule has 2 aromatic rings. The third-order valence-electron chi connectivity index (χ3n) is 4.84. The van der Waals surface area contributed by atoms with Gasteiger partial charge in [-0.15, -0.1) is 11.3 Å². The number of benzene rings is 1. The first-order valence-electron chi connectivity index (χ1n) is 8.81. The predicted molar refractivity (Wildman–Crippen MR) is 104 cm³/mol. The zero-order valence-corrected chi connectivity index (χ0v) is 15.9. The second kappa shape index (κ2) is 8.45. The summed E-state index contributed by atoms with van der Waals surface area (Å²) in [6, 6.07) is 6.68. The fourth-order valence-electron chi connectivity index (χ4n) is 3.35. The molecule has 1 aliphatic heterocycles. The summed E-state index contributed by atoms with van der Waals surface area (Å²) in [5.41, 5.74) is 1.74. The van der Waals surface area contributed by atoms with Crippen molar-refractivity contribution in [3.63, 3.8) is 0 Å². The summed E-state index contributed by atoms with van der Waals surface area (Å²) in [5, 5.41) is 22.7. The molecule has 0 saturated carbocycles. The molecule has 1 fully saturated rings. The summed E-state index contributed by atoms with van der Waals surface area (Å²) < 4.78 is 0. The first kappa shape index (κ1) is 19.2. The Morgan fingerprint density at radius 2 is 2.11 bits per heavy atom. The van der Waals surface area contributed by atoms with E-state index in [2.05, 4.69) is 4.90 Å². The van der Waals surface area contributed by atoms with Crippen LogP contribution in [0.3, 0.4) is 0 Å². The molecule has 8 nitrogen and oxygen atoms in total. The molecule has 9 heteroatoms. The minimum Gasteiger partial charge on any atom is -0.480 e. The maximum Gasteiger partial charge on any atom is 0.317 e. The molecule has 2 heterocycles. The molecular weight excluding hydrogens is 368 g/mol. The summed E-state index contributed by atoms with van der Waals surface area (Å²) in [4.78, 5) is 30.1. The number of aliphatic carboxylic acids is 1. The van der Waals surface area contributed by atoms with Gasteiger partial charge in [0.05, 0.1) is 17.2 Å². The Balaban J connectivity index is 1.66. The van der Waals surface area contributed by atoms with Crippen LogP contribution in [0.1, 0.15) is 19.3 Å². The van der Waals surface area contributed by atoms with E-state index in [1.54, 1.807) is 23.5 Å². The first-order chi connectivity index (χ1) is 12.9. The molecule has 0 amide bonds. The Morgan fingerprint density at radius 1 is 1.37 bits per heavy atom. The van der Waals surface area contributed by atoms with Crippen LogP contribution in [0, 0.1) is 10.1 Å². The lowest BCUT2D eigenvalue weighted by atomic mass is 10.1. The van der Waals surface area contributed by atoms with E-state index < -0.39 is 10.9 Å². The number of carboxylic acids is 1. The summed E-state index contributed by atoms with van der Waals surface area (Å²) >= 11 is 1.56. The van der Waals surface area contributed by atoms with E-state index in [1.807, 2.05) is 17.3 Å². The molecular formula is C18H22N4O4S. The average Bonchev–Trinajstić information content (AvgIpc) is 2.99. The third-order valence-corrected chi connectivity index (χ3v) is 5.74. The predicted octanol–water partition coefficient (Wildman–Crippen LogP) is 3.09. The van der Waals surface area contributed by atoms with Crippen LogP contribution in [0.4, 0.5) is 10.8 Å². The number of likely N-dealkylation sites (N-methyl/N-ethyl adjacent to an activating group) is 1. The number of carbonyl (C=O) groups is 1. The zero-order valence-electron chi connectivity index (χ0n) is 15.1. The van der Waals surface area contributed by atoms with Gasteiger partial charge in [-0.2, -0.15) is 0 Å². The van der Waals surface area contributed by atoms with Crippen LogP contribution in [0.25, 0.3) is 11.3 Å². The third kappa shape index (κ3) is 4.81. The molecule has 0 radical (unpaired) electrons. The van der Waals surface area contributed by atoms with E-state index in [-0.39, 0.29) is 18.3 Å². The van der Waals surface area contributed by atoms with E-state index in [4.69, 9.17) is 10.1 Å². The lowest BCUT2D eigenvalue weighted by Crippen LogP contribution is -2.36. The number of carboxylic acid groups (broad SMARTS) is 1. The van der Waals surface area contributed by atoms with Crippen molar-refractivity contribution in [1.29, 1.82) is 0 Å². The lowest BCUT2D eigenvalue weighted by Gasteiger charge is -2.25. The zero-order chi connectivity index (χ0) is 19.4. The van der Waals surface area contributed by atoms with Crippen molar-refractivity contribution in [3.05, 3.63) is 39.8 Å². The van der Waals surface area contributed by atoms with Gasteiger partial charge >= 0.3 is 5.97 Å². The number of hydrogen-bond acceptors (Lipinski definition) is 7. The van der Waals surface area contributed by atoms with Gasteiger partial charge in [-0.3, -0.25) is 19.8 Å². The van der Waals surface area contributed by atoms with Crippen LogP contribution in [-0.4, -0.2) is 58.6 Å². The Bertz CT molecular complexity index is 808. The molecule has 0 bridgehead atoms. The van der Waals surface area contributed by atoms with Crippen molar-refractivity contribution < 1.29 is 14.8 Å². The SMILES string of the molecule is CN(CC(=O)O)C1CCCN(c2nc(-c3ccc([N+](=O)[O-])cc3)cs2)CC1. The second-order valence-corrected chi connectivity index (χ2v) is 7.54.